The smallest absolute Gasteiger partial charge is 0.0728 e. The van der Waals surface area contributed by atoms with Gasteiger partial charge in [-0.2, -0.15) is 0 Å². The fourth-order valence-corrected chi connectivity index (χ4v) is 2.20. The van der Waals surface area contributed by atoms with Gasteiger partial charge in [-0.1, -0.05) is 6.92 Å². The lowest BCUT2D eigenvalue weighted by Gasteiger charge is -2.35. The van der Waals surface area contributed by atoms with E-state index in [0.29, 0.717) is 18.2 Å². The lowest BCUT2D eigenvalue weighted by Crippen LogP contribution is -2.50. The SMILES string of the molecule is CCC1NC(C)CCC1OCCCCO. The van der Waals surface area contributed by atoms with Crippen LogP contribution in [0.4, 0.5) is 0 Å². The molecule has 0 aromatic rings. The zero-order valence-electron chi connectivity index (χ0n) is 10.0. The average Bonchev–Trinajstić information content (AvgIpc) is 2.26. The van der Waals surface area contributed by atoms with Gasteiger partial charge in [-0.3, -0.25) is 0 Å². The molecule has 0 spiro atoms. The molecule has 1 aliphatic heterocycles. The molecule has 0 radical (unpaired) electrons. The molecule has 3 nitrogen and oxygen atoms in total. The van der Waals surface area contributed by atoms with E-state index in [1.54, 1.807) is 0 Å². The van der Waals surface area contributed by atoms with Crippen LogP contribution in [0.5, 0.6) is 0 Å². The molecular formula is C12H25NO2. The maximum atomic E-state index is 8.67. The van der Waals surface area contributed by atoms with Gasteiger partial charge < -0.3 is 15.2 Å². The highest BCUT2D eigenvalue weighted by Crippen LogP contribution is 2.18. The Morgan fingerprint density at radius 1 is 1.33 bits per heavy atom. The number of aliphatic hydroxyl groups excluding tert-OH is 1. The Bertz CT molecular complexity index is 164. The Kier molecular flexibility index (Phi) is 6.22. The molecule has 1 fully saturated rings. The summed E-state index contributed by atoms with van der Waals surface area (Å²) in [5.74, 6) is 0. The van der Waals surface area contributed by atoms with Gasteiger partial charge in [0, 0.05) is 25.3 Å². The first kappa shape index (κ1) is 12.9. The van der Waals surface area contributed by atoms with Gasteiger partial charge in [0.05, 0.1) is 6.10 Å². The van der Waals surface area contributed by atoms with E-state index in [2.05, 4.69) is 19.2 Å². The van der Waals surface area contributed by atoms with Gasteiger partial charge in [0.15, 0.2) is 0 Å². The van der Waals surface area contributed by atoms with Crippen molar-refractivity contribution in [2.45, 2.75) is 64.1 Å². The van der Waals surface area contributed by atoms with Crippen LogP contribution in [-0.4, -0.2) is 36.5 Å². The van der Waals surface area contributed by atoms with E-state index in [-0.39, 0.29) is 6.61 Å². The molecule has 15 heavy (non-hydrogen) atoms. The first-order valence-corrected chi connectivity index (χ1v) is 6.26. The van der Waals surface area contributed by atoms with Crippen molar-refractivity contribution in [1.29, 1.82) is 0 Å². The predicted octanol–water partition coefficient (Wildman–Crippen LogP) is 1.69. The van der Waals surface area contributed by atoms with Crippen molar-refractivity contribution in [3.8, 4) is 0 Å². The minimum absolute atomic E-state index is 0.278. The topological polar surface area (TPSA) is 41.5 Å². The molecule has 0 amide bonds. The van der Waals surface area contributed by atoms with E-state index in [4.69, 9.17) is 9.84 Å². The number of rotatable bonds is 6. The Labute approximate surface area is 93.2 Å². The van der Waals surface area contributed by atoms with Gasteiger partial charge in [-0.25, -0.2) is 0 Å². The van der Waals surface area contributed by atoms with E-state index < -0.39 is 0 Å². The summed E-state index contributed by atoms with van der Waals surface area (Å²) in [6, 6.07) is 1.15. The van der Waals surface area contributed by atoms with Crippen molar-refractivity contribution in [2.24, 2.45) is 0 Å². The Morgan fingerprint density at radius 3 is 2.80 bits per heavy atom. The monoisotopic (exact) mass is 215 g/mol. The van der Waals surface area contributed by atoms with Crippen molar-refractivity contribution >= 4 is 0 Å². The molecule has 0 bridgehead atoms. The summed E-state index contributed by atoms with van der Waals surface area (Å²) in [6.07, 6.45) is 5.72. The second-order valence-electron chi connectivity index (χ2n) is 4.50. The van der Waals surface area contributed by atoms with Crippen molar-refractivity contribution in [2.75, 3.05) is 13.2 Å². The summed E-state index contributed by atoms with van der Waals surface area (Å²) in [6.45, 7) is 5.52. The number of hydrogen-bond acceptors (Lipinski definition) is 3. The van der Waals surface area contributed by atoms with Gasteiger partial charge in [0.25, 0.3) is 0 Å². The van der Waals surface area contributed by atoms with E-state index in [9.17, 15) is 0 Å². The molecular weight excluding hydrogens is 190 g/mol. The fourth-order valence-electron chi connectivity index (χ4n) is 2.20. The normalized spacial score (nSPS) is 31.8. The lowest BCUT2D eigenvalue weighted by molar-refractivity contribution is -0.00300. The zero-order chi connectivity index (χ0) is 11.1. The molecule has 0 aliphatic carbocycles. The van der Waals surface area contributed by atoms with E-state index in [1.807, 2.05) is 0 Å². The fraction of sp³-hybridized carbons (Fsp3) is 1.00. The maximum Gasteiger partial charge on any atom is 0.0728 e. The number of nitrogens with one attached hydrogen (secondary N) is 1. The number of ether oxygens (including phenoxy) is 1. The third kappa shape index (κ3) is 4.49. The van der Waals surface area contributed by atoms with Crippen molar-refractivity contribution in [3.05, 3.63) is 0 Å². The van der Waals surface area contributed by atoms with E-state index in [1.165, 1.54) is 12.8 Å². The van der Waals surface area contributed by atoms with Crippen LogP contribution in [-0.2, 0) is 4.74 Å². The van der Waals surface area contributed by atoms with Gasteiger partial charge in [0.2, 0.25) is 0 Å². The molecule has 2 N–H and O–H groups in total. The molecule has 0 aromatic carbocycles. The molecule has 1 heterocycles. The van der Waals surface area contributed by atoms with Crippen LogP contribution < -0.4 is 5.32 Å². The van der Waals surface area contributed by atoms with Crippen molar-refractivity contribution < 1.29 is 9.84 Å². The van der Waals surface area contributed by atoms with Gasteiger partial charge >= 0.3 is 0 Å². The molecule has 0 saturated carbocycles. The molecule has 3 heteroatoms. The summed E-state index contributed by atoms with van der Waals surface area (Å²) in [5, 5.41) is 12.3. The first-order valence-electron chi connectivity index (χ1n) is 6.26. The third-order valence-electron chi connectivity index (χ3n) is 3.16. The van der Waals surface area contributed by atoms with E-state index in [0.717, 1.165) is 25.9 Å². The summed E-state index contributed by atoms with van der Waals surface area (Å²) in [7, 11) is 0. The number of aliphatic hydroxyl groups is 1. The number of hydrogen-bond donors (Lipinski definition) is 2. The van der Waals surface area contributed by atoms with Gasteiger partial charge in [0.1, 0.15) is 0 Å². The minimum Gasteiger partial charge on any atom is -0.396 e. The predicted molar refractivity (Wildman–Crippen MR) is 62.0 cm³/mol. The average molecular weight is 215 g/mol. The summed E-state index contributed by atoms with van der Waals surface area (Å²) < 4.78 is 5.86. The van der Waals surface area contributed by atoms with Gasteiger partial charge in [-0.15, -0.1) is 0 Å². The Hall–Kier alpha value is -0.120. The zero-order valence-corrected chi connectivity index (χ0v) is 10.0. The summed E-state index contributed by atoms with van der Waals surface area (Å²) >= 11 is 0. The van der Waals surface area contributed by atoms with Crippen LogP contribution in [0, 0.1) is 0 Å². The molecule has 0 aromatic heterocycles. The number of unbranched alkanes of at least 4 members (excludes halogenated alkanes) is 1. The van der Waals surface area contributed by atoms with Crippen LogP contribution >= 0.6 is 0 Å². The first-order chi connectivity index (χ1) is 7.27. The van der Waals surface area contributed by atoms with Crippen molar-refractivity contribution in [1.82, 2.24) is 5.32 Å². The molecule has 1 saturated heterocycles. The summed E-state index contributed by atoms with van der Waals surface area (Å²) in [4.78, 5) is 0. The summed E-state index contributed by atoms with van der Waals surface area (Å²) in [5.41, 5.74) is 0. The minimum atomic E-state index is 0.278. The standard InChI is InChI=1S/C12H25NO2/c1-3-11-12(7-6-10(2)13-11)15-9-5-4-8-14/h10-14H,3-9H2,1-2H3. The van der Waals surface area contributed by atoms with Crippen molar-refractivity contribution in [3.63, 3.8) is 0 Å². The van der Waals surface area contributed by atoms with E-state index >= 15 is 0 Å². The lowest BCUT2D eigenvalue weighted by atomic mass is 9.95. The number of piperidine rings is 1. The third-order valence-corrected chi connectivity index (χ3v) is 3.16. The van der Waals surface area contributed by atoms with Crippen LogP contribution in [0.25, 0.3) is 0 Å². The van der Waals surface area contributed by atoms with Crippen LogP contribution in [0.1, 0.15) is 46.0 Å². The van der Waals surface area contributed by atoms with Crippen LogP contribution in [0.2, 0.25) is 0 Å². The molecule has 1 aliphatic rings. The molecule has 3 unspecified atom stereocenters. The Balaban J connectivity index is 2.20. The highest BCUT2D eigenvalue weighted by molar-refractivity contribution is 4.84. The maximum absolute atomic E-state index is 8.67. The second kappa shape index (κ2) is 7.20. The Morgan fingerprint density at radius 2 is 2.13 bits per heavy atom. The molecule has 3 atom stereocenters. The van der Waals surface area contributed by atoms with Crippen LogP contribution in [0.3, 0.4) is 0 Å². The quantitative estimate of drug-likeness (QED) is 0.663. The molecule has 1 rings (SSSR count). The van der Waals surface area contributed by atoms with Crippen LogP contribution in [0.15, 0.2) is 0 Å². The second-order valence-corrected chi connectivity index (χ2v) is 4.50. The highest BCUT2D eigenvalue weighted by atomic mass is 16.5. The highest BCUT2D eigenvalue weighted by Gasteiger charge is 2.26. The largest absolute Gasteiger partial charge is 0.396 e. The molecule has 90 valence electrons. The van der Waals surface area contributed by atoms with Gasteiger partial charge in [-0.05, 0) is 39.0 Å².